The van der Waals surface area contributed by atoms with E-state index >= 15 is 0 Å². The number of aryl methyl sites for hydroxylation is 3. The lowest BCUT2D eigenvalue weighted by molar-refractivity contribution is 0.852. The number of hydrazine groups is 3. The van der Waals surface area contributed by atoms with Crippen LogP contribution in [0.2, 0.25) is 0 Å². The number of para-hydroxylation sites is 2. The van der Waals surface area contributed by atoms with Crippen LogP contribution in [-0.4, -0.2) is 0 Å². The summed E-state index contributed by atoms with van der Waals surface area (Å²) >= 11 is 0. The summed E-state index contributed by atoms with van der Waals surface area (Å²) in [6, 6.07) is 36.1. The van der Waals surface area contributed by atoms with Crippen LogP contribution in [0.25, 0.3) is 0 Å². The maximum Gasteiger partial charge on any atom is 0.0865 e. The zero-order valence-corrected chi connectivity index (χ0v) is 20.3. The van der Waals surface area contributed by atoms with Crippen LogP contribution in [0.4, 0.5) is 22.7 Å². The minimum atomic E-state index is 0.928. The highest BCUT2D eigenvalue weighted by molar-refractivity contribution is 5.68. The fourth-order valence-corrected chi connectivity index (χ4v) is 3.96. The molecule has 34 heavy (non-hydrogen) atoms. The Labute approximate surface area is 203 Å². The van der Waals surface area contributed by atoms with Gasteiger partial charge in [-0.1, -0.05) is 81.4 Å². The van der Waals surface area contributed by atoms with E-state index in [1.54, 1.807) is 0 Å². The topological polar surface area (TPSA) is 30.5 Å². The van der Waals surface area contributed by atoms with Crippen LogP contribution < -0.4 is 21.1 Å². The molecule has 0 aliphatic carbocycles. The van der Waals surface area contributed by atoms with Gasteiger partial charge in [0, 0.05) is 0 Å². The second-order valence-corrected chi connectivity index (χ2v) is 8.27. The highest BCUT2D eigenvalue weighted by atomic mass is 15.9. The largest absolute Gasteiger partial charge is 0.278 e. The third-order valence-electron chi connectivity index (χ3n) is 5.97. The third kappa shape index (κ3) is 5.52. The summed E-state index contributed by atoms with van der Waals surface area (Å²) in [6.07, 6.45) is 2.93. The maximum atomic E-state index is 3.67. The smallest absolute Gasteiger partial charge is 0.0865 e. The average molecular weight is 451 g/mol. The Bertz CT molecular complexity index is 1170. The van der Waals surface area contributed by atoms with Crippen molar-refractivity contribution in [3.8, 4) is 0 Å². The Morgan fingerprint density at radius 3 is 1.88 bits per heavy atom. The van der Waals surface area contributed by atoms with Gasteiger partial charge in [0.1, 0.15) is 0 Å². The molecule has 4 aromatic rings. The van der Waals surface area contributed by atoms with Gasteiger partial charge in [0.15, 0.2) is 0 Å². The van der Waals surface area contributed by atoms with Gasteiger partial charge in [-0.2, -0.15) is 10.2 Å². The molecule has 0 saturated heterocycles. The molecule has 0 spiro atoms. The summed E-state index contributed by atoms with van der Waals surface area (Å²) in [7, 11) is 0. The first kappa shape index (κ1) is 23.2. The van der Waals surface area contributed by atoms with Crippen LogP contribution in [0, 0.1) is 0 Å². The Balaban J connectivity index is 1.83. The monoisotopic (exact) mass is 450 g/mol. The predicted octanol–water partition coefficient (Wildman–Crippen LogP) is 7.66. The van der Waals surface area contributed by atoms with Crippen molar-refractivity contribution >= 4 is 22.7 Å². The van der Waals surface area contributed by atoms with Crippen molar-refractivity contribution in [2.24, 2.45) is 0 Å². The van der Waals surface area contributed by atoms with Crippen molar-refractivity contribution in [1.29, 1.82) is 0 Å². The van der Waals surface area contributed by atoms with Gasteiger partial charge in [0.2, 0.25) is 0 Å². The first-order valence-corrected chi connectivity index (χ1v) is 12.2. The van der Waals surface area contributed by atoms with Crippen LogP contribution in [-0.2, 0) is 19.3 Å². The Kier molecular flexibility index (Phi) is 7.71. The molecule has 2 N–H and O–H groups in total. The lowest BCUT2D eigenvalue weighted by Crippen LogP contribution is -2.50. The van der Waals surface area contributed by atoms with E-state index < -0.39 is 0 Å². The summed E-state index contributed by atoms with van der Waals surface area (Å²) in [5.41, 5.74) is 15.3. The Morgan fingerprint density at radius 2 is 1.18 bits per heavy atom. The first-order valence-electron chi connectivity index (χ1n) is 12.2. The number of benzene rings is 4. The van der Waals surface area contributed by atoms with E-state index in [1.165, 1.54) is 16.7 Å². The van der Waals surface area contributed by atoms with Crippen LogP contribution in [0.3, 0.4) is 0 Å². The van der Waals surface area contributed by atoms with E-state index in [9.17, 15) is 0 Å². The molecule has 0 saturated carbocycles. The van der Waals surface area contributed by atoms with Crippen LogP contribution >= 0.6 is 0 Å². The third-order valence-corrected chi connectivity index (χ3v) is 5.97. The molecule has 4 heteroatoms. The minimum Gasteiger partial charge on any atom is -0.278 e. The van der Waals surface area contributed by atoms with Gasteiger partial charge in [-0.05, 0) is 78.4 Å². The number of rotatable bonds is 10. The van der Waals surface area contributed by atoms with E-state index in [4.69, 9.17) is 0 Å². The molecule has 0 atom stereocenters. The summed E-state index contributed by atoms with van der Waals surface area (Å²) in [5, 5.41) is 4.20. The Hall–Kier alpha value is -3.92. The van der Waals surface area contributed by atoms with Crippen molar-refractivity contribution in [3.05, 3.63) is 120 Å². The van der Waals surface area contributed by atoms with Crippen molar-refractivity contribution in [2.75, 3.05) is 21.1 Å². The van der Waals surface area contributed by atoms with Gasteiger partial charge in [-0.15, -0.1) is 0 Å². The van der Waals surface area contributed by atoms with Crippen LogP contribution in [0.1, 0.15) is 37.5 Å². The summed E-state index contributed by atoms with van der Waals surface area (Å²) < 4.78 is 0. The normalized spacial score (nSPS) is 10.6. The number of hydrogen-bond acceptors (Lipinski definition) is 4. The lowest BCUT2D eigenvalue weighted by Gasteiger charge is -2.39. The number of nitrogens with zero attached hydrogens (tertiary/aromatic N) is 2. The van der Waals surface area contributed by atoms with E-state index in [2.05, 4.69) is 127 Å². The molecule has 4 rings (SSSR count). The summed E-state index contributed by atoms with van der Waals surface area (Å²) in [5.74, 6) is 0. The molecule has 4 nitrogen and oxygen atoms in total. The predicted molar refractivity (Wildman–Crippen MR) is 146 cm³/mol. The molecule has 4 aromatic carbocycles. The van der Waals surface area contributed by atoms with Gasteiger partial charge in [-0.3, -0.25) is 10.9 Å². The first-order chi connectivity index (χ1) is 16.7. The lowest BCUT2D eigenvalue weighted by atomic mass is 10.1. The Morgan fingerprint density at radius 1 is 0.529 bits per heavy atom. The summed E-state index contributed by atoms with van der Waals surface area (Å²) in [4.78, 5) is 0. The van der Waals surface area contributed by atoms with Gasteiger partial charge in [0.25, 0.3) is 0 Å². The van der Waals surface area contributed by atoms with Crippen LogP contribution in [0.15, 0.2) is 103 Å². The fraction of sp³-hybridized carbons (Fsp3) is 0.200. The molecule has 0 bridgehead atoms. The molecule has 0 unspecified atom stereocenters. The molecular formula is C30H34N4. The zero-order chi connectivity index (χ0) is 23.8. The summed E-state index contributed by atoms with van der Waals surface area (Å²) in [6.45, 7) is 6.56. The number of nitrogens with one attached hydrogen (secondary N) is 2. The van der Waals surface area contributed by atoms with Gasteiger partial charge in [-0.25, -0.2) is 0 Å². The molecule has 174 valence electrons. The van der Waals surface area contributed by atoms with Crippen molar-refractivity contribution in [1.82, 2.24) is 0 Å². The van der Waals surface area contributed by atoms with E-state index in [-0.39, 0.29) is 0 Å². The van der Waals surface area contributed by atoms with Gasteiger partial charge in [0.05, 0.1) is 22.7 Å². The second-order valence-electron chi connectivity index (χ2n) is 8.27. The highest BCUT2D eigenvalue weighted by Gasteiger charge is 2.20. The molecule has 0 radical (unpaired) electrons. The fourth-order valence-electron chi connectivity index (χ4n) is 3.96. The zero-order valence-electron chi connectivity index (χ0n) is 20.3. The van der Waals surface area contributed by atoms with Crippen molar-refractivity contribution in [3.63, 3.8) is 0 Å². The molecule has 0 aromatic heterocycles. The van der Waals surface area contributed by atoms with Crippen molar-refractivity contribution < 1.29 is 0 Å². The van der Waals surface area contributed by atoms with Gasteiger partial charge >= 0.3 is 0 Å². The van der Waals surface area contributed by atoms with E-state index in [0.29, 0.717) is 0 Å². The van der Waals surface area contributed by atoms with Gasteiger partial charge < -0.3 is 0 Å². The van der Waals surface area contributed by atoms with Crippen LogP contribution in [0.5, 0.6) is 0 Å². The van der Waals surface area contributed by atoms with Crippen molar-refractivity contribution in [2.45, 2.75) is 40.0 Å². The maximum absolute atomic E-state index is 3.67. The van der Waals surface area contributed by atoms with E-state index in [0.717, 1.165) is 42.0 Å². The number of anilines is 4. The average Bonchev–Trinajstić information content (AvgIpc) is 2.91. The van der Waals surface area contributed by atoms with E-state index in [1.807, 2.05) is 18.2 Å². The number of hydrogen-bond donors (Lipinski definition) is 2. The molecule has 0 heterocycles. The molecule has 0 fully saturated rings. The molecule has 0 amide bonds. The minimum absolute atomic E-state index is 0.928. The highest BCUT2D eigenvalue weighted by Crippen LogP contribution is 2.29. The molecular weight excluding hydrogens is 416 g/mol. The second kappa shape index (κ2) is 11.3. The quantitative estimate of drug-likeness (QED) is 0.243. The standard InChI is InChI=1S/C30H34N4/c1-4-24-19-21-29(22-20-24)33(32-28-17-12-13-25(5-2)23-28)34(31-27-15-8-7-9-16-27)30-18-11-10-14-26(30)6-3/h7-23,31-32H,4-6H2,1-3H3. The molecule has 0 aliphatic rings. The molecule has 0 aliphatic heterocycles. The SMILES string of the molecule is CCc1ccc(N(Nc2cccc(CC)c2)N(Nc2ccccc2)c2ccccc2CC)cc1.